The van der Waals surface area contributed by atoms with Gasteiger partial charge in [0.2, 0.25) is 0 Å². The van der Waals surface area contributed by atoms with Gasteiger partial charge in [0.05, 0.1) is 0 Å². The van der Waals surface area contributed by atoms with E-state index in [9.17, 15) is 0 Å². The average Bonchev–Trinajstić information content (AvgIpc) is 2.43. The first-order valence-corrected chi connectivity index (χ1v) is 6.71. The van der Waals surface area contributed by atoms with Crippen molar-refractivity contribution in [3.05, 3.63) is 42.0 Å². The minimum atomic E-state index is 0.564. The van der Waals surface area contributed by atoms with Gasteiger partial charge in [0.15, 0.2) is 0 Å². The van der Waals surface area contributed by atoms with Crippen LogP contribution in [0.4, 0.5) is 0 Å². The van der Waals surface area contributed by atoms with E-state index in [1.165, 1.54) is 5.56 Å². The molecule has 0 fully saturated rings. The number of benzene rings is 1. The predicted molar refractivity (Wildman–Crippen MR) is 78.2 cm³/mol. The Labute approximate surface area is 111 Å². The van der Waals surface area contributed by atoms with Crippen molar-refractivity contribution >= 4 is 0 Å². The topological polar surface area (TPSA) is 21.3 Å². The van der Waals surface area contributed by atoms with Crippen LogP contribution in [0.1, 0.15) is 32.3 Å². The molecule has 1 rings (SSSR count). The van der Waals surface area contributed by atoms with Gasteiger partial charge < -0.3 is 10.1 Å². The maximum atomic E-state index is 5.65. The first kappa shape index (κ1) is 14.8. The van der Waals surface area contributed by atoms with Crippen molar-refractivity contribution in [1.29, 1.82) is 0 Å². The molecule has 2 heteroatoms. The van der Waals surface area contributed by atoms with Crippen LogP contribution in [-0.2, 0) is 6.42 Å². The molecule has 1 N–H and O–H groups in total. The van der Waals surface area contributed by atoms with E-state index >= 15 is 0 Å². The molecular formula is C16H25NO. The van der Waals surface area contributed by atoms with Gasteiger partial charge in [-0.3, -0.25) is 0 Å². The lowest BCUT2D eigenvalue weighted by Gasteiger charge is -2.10. The Balaban J connectivity index is 2.40. The molecule has 0 aliphatic carbocycles. The van der Waals surface area contributed by atoms with Crippen molar-refractivity contribution in [2.45, 2.75) is 39.2 Å². The fraction of sp³-hybridized carbons (Fsp3) is 0.500. The Morgan fingerprint density at radius 2 is 2.00 bits per heavy atom. The second-order valence-corrected chi connectivity index (χ2v) is 4.76. The molecule has 0 heterocycles. The Kier molecular flexibility index (Phi) is 6.51. The lowest BCUT2D eigenvalue weighted by molar-refractivity contribution is 0.349. The second-order valence-electron chi connectivity index (χ2n) is 4.76. The largest absolute Gasteiger partial charge is 0.489 e. The fourth-order valence-electron chi connectivity index (χ4n) is 1.57. The monoisotopic (exact) mass is 247 g/mol. The van der Waals surface area contributed by atoms with Crippen molar-refractivity contribution in [2.24, 2.45) is 0 Å². The SMILES string of the molecule is C=C(CC)COc1ccc(CCC(C)NC)cc1. The van der Waals surface area contributed by atoms with E-state index in [0.717, 1.165) is 30.6 Å². The van der Waals surface area contributed by atoms with Gasteiger partial charge in [-0.25, -0.2) is 0 Å². The summed E-state index contributed by atoms with van der Waals surface area (Å²) in [4.78, 5) is 0. The standard InChI is InChI=1S/C16H25NO/c1-5-13(2)12-18-16-10-8-15(9-11-16)7-6-14(3)17-4/h8-11,14,17H,2,5-7,12H2,1,3-4H3. The summed E-state index contributed by atoms with van der Waals surface area (Å²) in [5.41, 5.74) is 2.49. The Morgan fingerprint density at radius 1 is 1.33 bits per heavy atom. The van der Waals surface area contributed by atoms with Gasteiger partial charge in [-0.1, -0.05) is 25.6 Å². The molecule has 18 heavy (non-hydrogen) atoms. The van der Waals surface area contributed by atoms with Crippen molar-refractivity contribution in [3.8, 4) is 5.75 Å². The smallest absolute Gasteiger partial charge is 0.119 e. The number of rotatable bonds is 8. The van der Waals surface area contributed by atoms with Crippen molar-refractivity contribution in [3.63, 3.8) is 0 Å². The van der Waals surface area contributed by atoms with E-state index < -0.39 is 0 Å². The first-order valence-electron chi connectivity index (χ1n) is 6.71. The molecule has 0 spiro atoms. The molecule has 1 aromatic rings. The molecular weight excluding hydrogens is 222 g/mol. The lowest BCUT2D eigenvalue weighted by atomic mass is 10.1. The van der Waals surface area contributed by atoms with Gasteiger partial charge in [0, 0.05) is 6.04 Å². The van der Waals surface area contributed by atoms with Crippen molar-refractivity contribution in [2.75, 3.05) is 13.7 Å². The van der Waals surface area contributed by atoms with Gasteiger partial charge in [-0.2, -0.15) is 0 Å². The Bertz CT molecular complexity index is 356. The Hall–Kier alpha value is -1.28. The number of aryl methyl sites for hydroxylation is 1. The summed E-state index contributed by atoms with van der Waals surface area (Å²) < 4.78 is 5.65. The lowest BCUT2D eigenvalue weighted by Crippen LogP contribution is -2.21. The van der Waals surface area contributed by atoms with Crippen LogP contribution in [0.5, 0.6) is 5.75 Å². The number of nitrogens with one attached hydrogen (secondary N) is 1. The van der Waals surface area contributed by atoms with E-state index in [1.807, 2.05) is 19.2 Å². The minimum absolute atomic E-state index is 0.564. The Morgan fingerprint density at radius 3 is 2.56 bits per heavy atom. The number of ether oxygens (including phenoxy) is 1. The first-order chi connectivity index (χ1) is 8.65. The normalized spacial score (nSPS) is 12.2. The van der Waals surface area contributed by atoms with Crippen LogP contribution in [-0.4, -0.2) is 19.7 Å². The summed E-state index contributed by atoms with van der Waals surface area (Å²) in [5.74, 6) is 0.926. The highest BCUT2D eigenvalue weighted by molar-refractivity contribution is 5.27. The summed E-state index contributed by atoms with van der Waals surface area (Å²) in [6, 6.07) is 8.94. The fourth-order valence-corrected chi connectivity index (χ4v) is 1.57. The number of hydrogen-bond acceptors (Lipinski definition) is 2. The van der Waals surface area contributed by atoms with Crippen LogP contribution in [0.3, 0.4) is 0 Å². The van der Waals surface area contributed by atoms with Crippen LogP contribution < -0.4 is 10.1 Å². The molecule has 0 radical (unpaired) electrons. The highest BCUT2D eigenvalue weighted by Gasteiger charge is 2.00. The second kappa shape index (κ2) is 7.93. The van der Waals surface area contributed by atoms with Gasteiger partial charge in [0.1, 0.15) is 12.4 Å². The molecule has 0 amide bonds. The van der Waals surface area contributed by atoms with E-state index in [4.69, 9.17) is 4.74 Å². The third kappa shape index (κ3) is 5.37. The molecule has 1 unspecified atom stereocenters. The summed E-state index contributed by atoms with van der Waals surface area (Å²) in [5, 5.41) is 3.25. The minimum Gasteiger partial charge on any atom is -0.489 e. The van der Waals surface area contributed by atoms with E-state index in [-0.39, 0.29) is 0 Å². The zero-order valence-corrected chi connectivity index (χ0v) is 11.8. The quantitative estimate of drug-likeness (QED) is 0.709. The van der Waals surface area contributed by atoms with Gasteiger partial charge >= 0.3 is 0 Å². The van der Waals surface area contributed by atoms with Crippen molar-refractivity contribution in [1.82, 2.24) is 5.32 Å². The molecule has 0 saturated heterocycles. The predicted octanol–water partition coefficient (Wildman–Crippen LogP) is 3.57. The third-order valence-corrected chi connectivity index (χ3v) is 3.23. The number of hydrogen-bond donors (Lipinski definition) is 1. The molecule has 1 atom stereocenters. The van der Waals surface area contributed by atoms with Crippen molar-refractivity contribution < 1.29 is 4.74 Å². The van der Waals surface area contributed by atoms with Crippen LogP contribution >= 0.6 is 0 Å². The molecule has 0 aliphatic heterocycles. The van der Waals surface area contributed by atoms with Gasteiger partial charge in [-0.15, -0.1) is 0 Å². The van der Waals surface area contributed by atoms with E-state index in [1.54, 1.807) is 0 Å². The average molecular weight is 247 g/mol. The zero-order valence-electron chi connectivity index (χ0n) is 11.8. The van der Waals surface area contributed by atoms with E-state index in [2.05, 4.69) is 37.9 Å². The third-order valence-electron chi connectivity index (χ3n) is 3.23. The zero-order chi connectivity index (χ0) is 13.4. The maximum absolute atomic E-state index is 5.65. The van der Waals surface area contributed by atoms with E-state index in [0.29, 0.717) is 12.6 Å². The van der Waals surface area contributed by atoms with Crippen LogP contribution in [0.15, 0.2) is 36.4 Å². The van der Waals surface area contributed by atoms with Gasteiger partial charge in [0.25, 0.3) is 0 Å². The summed E-state index contributed by atoms with van der Waals surface area (Å²) in [7, 11) is 2.00. The van der Waals surface area contributed by atoms with Gasteiger partial charge in [-0.05, 0) is 56.5 Å². The maximum Gasteiger partial charge on any atom is 0.119 e. The molecule has 2 nitrogen and oxygen atoms in total. The molecule has 0 aromatic heterocycles. The molecule has 0 aliphatic rings. The molecule has 1 aromatic carbocycles. The summed E-state index contributed by atoms with van der Waals surface area (Å²) >= 11 is 0. The molecule has 0 bridgehead atoms. The highest BCUT2D eigenvalue weighted by atomic mass is 16.5. The van der Waals surface area contributed by atoms with Crippen LogP contribution in [0.2, 0.25) is 0 Å². The van der Waals surface area contributed by atoms with Crippen LogP contribution in [0, 0.1) is 0 Å². The molecule has 100 valence electrons. The summed E-state index contributed by atoms with van der Waals surface area (Å²) in [6.07, 6.45) is 3.23. The molecule has 0 saturated carbocycles. The van der Waals surface area contributed by atoms with Crippen LogP contribution in [0.25, 0.3) is 0 Å². The highest BCUT2D eigenvalue weighted by Crippen LogP contribution is 2.15. The summed E-state index contributed by atoms with van der Waals surface area (Å²) in [6.45, 7) is 8.85.